The van der Waals surface area contributed by atoms with Crippen molar-refractivity contribution in [3.63, 3.8) is 0 Å². The second-order valence-electron chi connectivity index (χ2n) is 5.79. The van der Waals surface area contributed by atoms with E-state index in [1.165, 1.54) is 6.07 Å². The van der Waals surface area contributed by atoms with E-state index < -0.39 is 4.92 Å². The molecule has 1 atom stereocenters. The van der Waals surface area contributed by atoms with E-state index in [0.717, 1.165) is 16.9 Å². The summed E-state index contributed by atoms with van der Waals surface area (Å²) in [6.45, 7) is 6.36. The molecule has 0 fully saturated rings. The van der Waals surface area contributed by atoms with Gasteiger partial charge in [0.1, 0.15) is 5.69 Å². The molecule has 23 heavy (non-hydrogen) atoms. The first-order valence-corrected chi connectivity index (χ1v) is 7.57. The molecule has 1 aliphatic rings. The van der Waals surface area contributed by atoms with Crippen molar-refractivity contribution in [2.75, 3.05) is 4.90 Å². The number of hydrogen-bond acceptors (Lipinski definition) is 4. The van der Waals surface area contributed by atoms with Crippen LogP contribution in [0.2, 0.25) is 0 Å². The second kappa shape index (κ2) is 5.49. The smallest absolute Gasteiger partial charge is 0.276 e. The van der Waals surface area contributed by atoms with E-state index in [9.17, 15) is 14.9 Å². The third-order valence-corrected chi connectivity index (χ3v) is 4.13. The quantitative estimate of drug-likeness (QED) is 0.644. The van der Waals surface area contributed by atoms with Crippen LogP contribution in [0.25, 0.3) is 0 Å². The molecule has 0 bridgehead atoms. The van der Waals surface area contributed by atoms with E-state index in [1.807, 2.05) is 20.8 Å². The Hall–Kier alpha value is -2.70. The largest absolute Gasteiger partial charge is 0.304 e. The molecule has 0 spiro atoms. The van der Waals surface area contributed by atoms with E-state index in [2.05, 4.69) is 5.10 Å². The number of non-ortho nitro benzene ring substituents is 1. The average molecular weight is 314 g/mol. The van der Waals surface area contributed by atoms with Gasteiger partial charge in [-0.05, 0) is 44.9 Å². The number of anilines is 1. The number of amides is 1. The maximum absolute atomic E-state index is 13.0. The lowest BCUT2D eigenvalue weighted by molar-refractivity contribution is -0.384. The number of fused-ring (bicyclic) bond motifs is 1. The van der Waals surface area contributed by atoms with Crippen molar-refractivity contribution in [3.8, 4) is 0 Å². The Morgan fingerprint density at radius 2 is 2.17 bits per heavy atom. The number of nitrogens with zero attached hydrogens (tertiary/aromatic N) is 4. The van der Waals surface area contributed by atoms with Crippen LogP contribution in [0.4, 0.5) is 11.4 Å². The molecule has 1 amide bonds. The van der Waals surface area contributed by atoms with Gasteiger partial charge in [-0.1, -0.05) is 0 Å². The van der Waals surface area contributed by atoms with Crippen molar-refractivity contribution in [1.82, 2.24) is 9.78 Å². The summed E-state index contributed by atoms with van der Waals surface area (Å²) >= 11 is 0. The maximum atomic E-state index is 13.0. The number of aryl methyl sites for hydroxylation is 2. The van der Waals surface area contributed by atoms with Crippen molar-refractivity contribution in [1.29, 1.82) is 0 Å². The van der Waals surface area contributed by atoms with Gasteiger partial charge in [0.05, 0.1) is 10.6 Å². The van der Waals surface area contributed by atoms with E-state index in [4.69, 9.17) is 0 Å². The lowest BCUT2D eigenvalue weighted by Gasteiger charge is -2.22. The fourth-order valence-corrected chi connectivity index (χ4v) is 3.12. The highest BCUT2D eigenvalue weighted by molar-refractivity contribution is 6.06. The Morgan fingerprint density at radius 3 is 2.83 bits per heavy atom. The van der Waals surface area contributed by atoms with Crippen LogP contribution in [-0.4, -0.2) is 26.7 Å². The van der Waals surface area contributed by atoms with Gasteiger partial charge in [-0.3, -0.25) is 19.6 Å². The fourth-order valence-electron chi connectivity index (χ4n) is 3.12. The average Bonchev–Trinajstić information content (AvgIpc) is 3.04. The summed E-state index contributed by atoms with van der Waals surface area (Å²) in [6.07, 6.45) is 0.613. The van der Waals surface area contributed by atoms with Gasteiger partial charge in [-0.25, -0.2) is 0 Å². The molecular weight excluding hydrogens is 296 g/mol. The molecule has 0 radical (unpaired) electrons. The molecular formula is C16H18N4O3. The Morgan fingerprint density at radius 1 is 1.43 bits per heavy atom. The van der Waals surface area contributed by atoms with Crippen LogP contribution < -0.4 is 4.90 Å². The zero-order chi connectivity index (χ0) is 16.7. The van der Waals surface area contributed by atoms with Gasteiger partial charge in [0.25, 0.3) is 11.6 Å². The van der Waals surface area contributed by atoms with Crippen LogP contribution in [0.3, 0.4) is 0 Å². The molecule has 1 aromatic carbocycles. The van der Waals surface area contributed by atoms with E-state index in [1.54, 1.807) is 27.8 Å². The maximum Gasteiger partial charge on any atom is 0.276 e. The zero-order valence-corrected chi connectivity index (χ0v) is 13.3. The molecule has 7 nitrogen and oxygen atoms in total. The molecule has 7 heteroatoms. The highest BCUT2D eigenvalue weighted by atomic mass is 16.6. The monoisotopic (exact) mass is 314 g/mol. The first-order valence-electron chi connectivity index (χ1n) is 7.57. The first kappa shape index (κ1) is 15.2. The van der Waals surface area contributed by atoms with Crippen molar-refractivity contribution in [3.05, 3.63) is 51.3 Å². The van der Waals surface area contributed by atoms with Gasteiger partial charge < -0.3 is 4.90 Å². The molecule has 0 saturated heterocycles. The van der Waals surface area contributed by atoms with E-state index >= 15 is 0 Å². The highest BCUT2D eigenvalue weighted by Crippen LogP contribution is 2.35. The SMILES string of the molecule is CCn1nc(C)cc1C(=O)N1c2ccc([N+](=O)[O-])cc2C[C@H]1C. The minimum atomic E-state index is -0.412. The lowest BCUT2D eigenvalue weighted by atomic mass is 10.1. The number of nitro groups is 1. The summed E-state index contributed by atoms with van der Waals surface area (Å²) in [5.74, 6) is -0.118. The Kier molecular flexibility index (Phi) is 3.63. The summed E-state index contributed by atoms with van der Waals surface area (Å²) in [4.78, 5) is 25.2. The summed E-state index contributed by atoms with van der Waals surface area (Å²) in [5, 5.41) is 15.2. The van der Waals surface area contributed by atoms with Crippen molar-refractivity contribution >= 4 is 17.3 Å². The number of benzene rings is 1. The zero-order valence-electron chi connectivity index (χ0n) is 13.3. The van der Waals surface area contributed by atoms with E-state index in [-0.39, 0.29) is 17.6 Å². The summed E-state index contributed by atoms with van der Waals surface area (Å²) in [7, 11) is 0. The topological polar surface area (TPSA) is 81.3 Å². The molecule has 2 heterocycles. The Bertz CT molecular complexity index is 797. The summed E-state index contributed by atoms with van der Waals surface area (Å²) < 4.78 is 1.69. The van der Waals surface area contributed by atoms with Crippen LogP contribution in [0.15, 0.2) is 24.3 Å². The Labute approximate surface area is 133 Å². The third kappa shape index (κ3) is 2.48. The number of carbonyl (C=O) groups is 1. The summed E-state index contributed by atoms with van der Waals surface area (Å²) in [5.41, 5.74) is 2.97. The number of rotatable bonds is 3. The molecule has 0 N–H and O–H groups in total. The van der Waals surface area contributed by atoms with Gasteiger partial charge in [0.15, 0.2) is 0 Å². The molecule has 1 aromatic heterocycles. The molecule has 2 aromatic rings. The molecule has 0 aliphatic carbocycles. The van der Waals surface area contributed by atoms with Crippen molar-refractivity contribution in [2.45, 2.75) is 39.8 Å². The normalized spacial score (nSPS) is 16.5. The Balaban J connectivity index is 2.01. The minimum absolute atomic E-state index is 0.0417. The standard InChI is InChI=1S/C16H18N4O3/c1-4-18-15(7-10(2)17-18)16(21)19-11(3)8-12-9-13(20(22)23)5-6-14(12)19/h5-7,9,11H,4,8H2,1-3H3/t11-/m1/s1. The second-order valence-corrected chi connectivity index (χ2v) is 5.79. The minimum Gasteiger partial charge on any atom is -0.304 e. The first-order chi connectivity index (χ1) is 10.9. The predicted molar refractivity (Wildman–Crippen MR) is 85.7 cm³/mol. The lowest BCUT2D eigenvalue weighted by Crippen LogP contribution is -2.37. The van der Waals surface area contributed by atoms with Gasteiger partial charge in [0.2, 0.25) is 0 Å². The van der Waals surface area contributed by atoms with E-state index in [0.29, 0.717) is 18.7 Å². The van der Waals surface area contributed by atoms with Crippen LogP contribution >= 0.6 is 0 Å². The molecule has 120 valence electrons. The number of carbonyl (C=O) groups excluding carboxylic acids is 1. The molecule has 0 saturated carbocycles. The van der Waals surface area contributed by atoms with Crippen LogP contribution in [-0.2, 0) is 13.0 Å². The van der Waals surface area contributed by atoms with Crippen LogP contribution in [0, 0.1) is 17.0 Å². The van der Waals surface area contributed by atoms with Gasteiger partial charge >= 0.3 is 0 Å². The fraction of sp³-hybridized carbons (Fsp3) is 0.375. The highest BCUT2D eigenvalue weighted by Gasteiger charge is 2.34. The molecule has 3 rings (SSSR count). The number of aromatic nitrogens is 2. The van der Waals surface area contributed by atoms with Gasteiger partial charge in [0, 0.05) is 30.4 Å². The van der Waals surface area contributed by atoms with Crippen LogP contribution in [0.1, 0.15) is 35.6 Å². The van der Waals surface area contributed by atoms with Crippen molar-refractivity contribution in [2.24, 2.45) is 0 Å². The molecule has 0 unspecified atom stereocenters. The molecule has 1 aliphatic heterocycles. The van der Waals surface area contributed by atoms with Crippen LogP contribution in [0.5, 0.6) is 0 Å². The third-order valence-electron chi connectivity index (χ3n) is 4.13. The summed E-state index contributed by atoms with van der Waals surface area (Å²) in [6, 6.07) is 6.40. The van der Waals surface area contributed by atoms with Gasteiger partial charge in [-0.2, -0.15) is 5.10 Å². The van der Waals surface area contributed by atoms with Crippen molar-refractivity contribution < 1.29 is 9.72 Å². The predicted octanol–water partition coefficient (Wildman–Crippen LogP) is 2.71. The number of hydrogen-bond donors (Lipinski definition) is 0. The number of nitro benzene ring substituents is 1. The van der Waals surface area contributed by atoms with Gasteiger partial charge in [-0.15, -0.1) is 0 Å².